The molecule has 0 aliphatic heterocycles. The number of rotatable bonds is 3. The van der Waals surface area contributed by atoms with E-state index in [1.807, 2.05) is 91.0 Å². The van der Waals surface area contributed by atoms with E-state index in [1.165, 1.54) is 0 Å². The summed E-state index contributed by atoms with van der Waals surface area (Å²) in [5.41, 5.74) is 11.5. The molecule has 0 unspecified atom stereocenters. The Kier molecular flexibility index (Phi) is 6.41. The summed E-state index contributed by atoms with van der Waals surface area (Å²) in [4.78, 5) is 0. The molecule has 58 heavy (non-hydrogen) atoms. The zero-order valence-electron chi connectivity index (χ0n) is 30.5. The number of benzene rings is 8. The van der Waals surface area contributed by atoms with Crippen molar-refractivity contribution < 1.29 is 8.83 Å². The number of nitrogens with zero attached hydrogens (tertiary/aromatic N) is 5. The van der Waals surface area contributed by atoms with Crippen LogP contribution in [-0.2, 0) is 0 Å². The Hall–Kier alpha value is -8.57. The summed E-state index contributed by atoms with van der Waals surface area (Å²) in [5, 5.41) is 38.8. The molecule has 0 N–H and O–H groups in total. The van der Waals surface area contributed by atoms with Crippen LogP contribution in [0.1, 0.15) is 16.7 Å². The number of hydrogen-bond donors (Lipinski definition) is 0. The summed E-state index contributed by atoms with van der Waals surface area (Å²) in [6.07, 6.45) is 0. The Morgan fingerprint density at radius 1 is 0.362 bits per heavy atom. The van der Waals surface area contributed by atoms with Crippen LogP contribution in [0.15, 0.2) is 160 Å². The van der Waals surface area contributed by atoms with Crippen molar-refractivity contribution in [2.75, 3.05) is 0 Å². The van der Waals surface area contributed by atoms with Gasteiger partial charge in [0.05, 0.1) is 67.7 Å². The molecule has 7 heteroatoms. The lowest BCUT2D eigenvalue weighted by atomic mass is 9.99. The van der Waals surface area contributed by atoms with Gasteiger partial charge in [0.1, 0.15) is 22.3 Å². The maximum Gasteiger partial charge on any atom is 0.145 e. The number of para-hydroxylation sites is 3. The maximum absolute atomic E-state index is 10.5. The summed E-state index contributed by atoms with van der Waals surface area (Å²) in [6.45, 7) is 0. The van der Waals surface area contributed by atoms with Gasteiger partial charge in [-0.2, -0.15) is 15.8 Å². The summed E-state index contributed by atoms with van der Waals surface area (Å²) < 4.78 is 17.4. The van der Waals surface area contributed by atoms with Crippen LogP contribution in [0.5, 0.6) is 0 Å². The number of fused-ring (bicyclic) bond motifs is 14. The second-order valence-electron chi connectivity index (χ2n) is 14.7. The first-order valence-electron chi connectivity index (χ1n) is 18.8. The molecular formula is C51H25N5O2. The van der Waals surface area contributed by atoms with E-state index >= 15 is 0 Å². The Balaban J connectivity index is 1.11. The van der Waals surface area contributed by atoms with Crippen molar-refractivity contribution in [2.24, 2.45) is 0 Å². The molecule has 4 heterocycles. The van der Waals surface area contributed by atoms with Crippen molar-refractivity contribution >= 4 is 87.5 Å². The molecule has 0 amide bonds. The van der Waals surface area contributed by atoms with Gasteiger partial charge in [-0.3, -0.25) is 0 Å². The maximum atomic E-state index is 10.5. The van der Waals surface area contributed by atoms with Crippen molar-refractivity contribution in [1.82, 2.24) is 9.13 Å². The molecule has 7 nitrogen and oxygen atoms in total. The lowest BCUT2D eigenvalue weighted by molar-refractivity contribution is 0.672. The van der Waals surface area contributed by atoms with Gasteiger partial charge in [0.2, 0.25) is 0 Å². The highest BCUT2D eigenvalue weighted by Gasteiger charge is 2.22. The fourth-order valence-corrected chi connectivity index (χ4v) is 9.09. The number of hydrogen-bond acceptors (Lipinski definition) is 5. The van der Waals surface area contributed by atoms with E-state index in [9.17, 15) is 15.8 Å². The second kappa shape index (κ2) is 11.7. The van der Waals surface area contributed by atoms with E-state index in [2.05, 4.69) is 88.0 Å². The number of nitriles is 3. The van der Waals surface area contributed by atoms with Gasteiger partial charge in [-0.1, -0.05) is 54.6 Å². The predicted molar refractivity (Wildman–Crippen MR) is 229 cm³/mol. The Labute approximate surface area is 329 Å². The molecule has 0 aliphatic carbocycles. The SMILES string of the molecule is N#Cc1cc(-c2cc(C#N)cc(-n3c4ccc(C#N)cc4c4c5oc6ccccc6c5ccc43)c2)cc(-n2c3ccccc3c3c4oc5ccccc5c4ccc32)c1. The van der Waals surface area contributed by atoms with E-state index in [-0.39, 0.29) is 0 Å². The van der Waals surface area contributed by atoms with Gasteiger partial charge in [-0.25, -0.2) is 0 Å². The van der Waals surface area contributed by atoms with Gasteiger partial charge in [0.15, 0.2) is 0 Å². The summed E-state index contributed by atoms with van der Waals surface area (Å²) in [7, 11) is 0. The summed E-state index contributed by atoms with van der Waals surface area (Å²) >= 11 is 0. The van der Waals surface area contributed by atoms with Crippen LogP contribution >= 0.6 is 0 Å². The minimum Gasteiger partial charge on any atom is -0.455 e. The van der Waals surface area contributed by atoms with E-state index in [0.29, 0.717) is 16.7 Å². The fourth-order valence-electron chi connectivity index (χ4n) is 9.09. The van der Waals surface area contributed by atoms with Gasteiger partial charge in [0, 0.05) is 43.7 Å². The molecule has 8 aromatic carbocycles. The number of aromatic nitrogens is 2. The minimum atomic E-state index is 0.467. The monoisotopic (exact) mass is 739 g/mol. The molecule has 266 valence electrons. The molecule has 0 atom stereocenters. The first-order chi connectivity index (χ1) is 28.6. The molecule has 0 bridgehead atoms. The molecular weight excluding hydrogens is 715 g/mol. The average molecular weight is 740 g/mol. The lowest BCUT2D eigenvalue weighted by Crippen LogP contribution is -1.98. The first kappa shape index (κ1) is 31.7. The average Bonchev–Trinajstić information content (AvgIpc) is 4.03. The van der Waals surface area contributed by atoms with Crippen molar-refractivity contribution in [3.8, 4) is 40.7 Å². The highest BCUT2D eigenvalue weighted by Crippen LogP contribution is 2.43. The Bertz CT molecular complexity index is 3910. The van der Waals surface area contributed by atoms with Gasteiger partial charge < -0.3 is 18.0 Å². The van der Waals surface area contributed by atoms with Gasteiger partial charge in [0.25, 0.3) is 0 Å². The minimum absolute atomic E-state index is 0.467. The molecule has 0 saturated carbocycles. The van der Waals surface area contributed by atoms with E-state index in [4.69, 9.17) is 8.83 Å². The van der Waals surface area contributed by atoms with E-state index in [1.54, 1.807) is 0 Å². The molecule has 0 aliphatic rings. The number of furan rings is 2. The van der Waals surface area contributed by atoms with E-state index < -0.39 is 0 Å². The van der Waals surface area contributed by atoms with Gasteiger partial charge in [-0.05, 0) is 108 Å². The largest absolute Gasteiger partial charge is 0.455 e. The third kappa shape index (κ3) is 4.34. The van der Waals surface area contributed by atoms with Crippen LogP contribution in [0.3, 0.4) is 0 Å². The molecule has 0 saturated heterocycles. The lowest BCUT2D eigenvalue weighted by Gasteiger charge is -2.14. The zero-order valence-corrected chi connectivity index (χ0v) is 30.5. The molecule has 0 radical (unpaired) electrons. The van der Waals surface area contributed by atoms with Crippen LogP contribution in [0, 0.1) is 34.0 Å². The smallest absolute Gasteiger partial charge is 0.145 e. The second-order valence-corrected chi connectivity index (χ2v) is 14.7. The standard InChI is InChI=1S/C51H25N5O2/c52-26-29-13-16-43-41(23-29)49-45(18-15-39-37-8-3-6-12-47(37)58-51(39)49)56(43)35-22-31(28-54)20-33(25-35)32-19-30(27-53)21-34(24-32)55-42-10-4-1-9-40(42)48-44(55)17-14-38-36-7-2-5-11-46(36)57-50(38)48/h1-25H. The normalized spacial score (nSPS) is 11.7. The van der Waals surface area contributed by atoms with Crippen molar-refractivity contribution in [3.05, 3.63) is 168 Å². The quantitative estimate of drug-likeness (QED) is 0.179. The van der Waals surface area contributed by atoms with Crippen LogP contribution in [-0.4, -0.2) is 9.13 Å². The van der Waals surface area contributed by atoms with Crippen LogP contribution in [0.2, 0.25) is 0 Å². The zero-order chi connectivity index (χ0) is 38.6. The molecule has 4 aromatic heterocycles. The summed E-state index contributed by atoms with van der Waals surface area (Å²) in [5.74, 6) is 0. The highest BCUT2D eigenvalue weighted by atomic mass is 16.3. The third-order valence-corrected chi connectivity index (χ3v) is 11.5. The Morgan fingerprint density at radius 2 is 0.828 bits per heavy atom. The third-order valence-electron chi connectivity index (χ3n) is 11.5. The van der Waals surface area contributed by atoms with Crippen molar-refractivity contribution in [2.45, 2.75) is 0 Å². The molecule has 12 aromatic rings. The van der Waals surface area contributed by atoms with Crippen molar-refractivity contribution in [3.63, 3.8) is 0 Å². The highest BCUT2D eigenvalue weighted by molar-refractivity contribution is 6.25. The fraction of sp³-hybridized carbons (Fsp3) is 0. The molecule has 12 rings (SSSR count). The van der Waals surface area contributed by atoms with Crippen LogP contribution in [0.25, 0.3) is 110 Å². The van der Waals surface area contributed by atoms with Crippen LogP contribution in [0.4, 0.5) is 0 Å². The van der Waals surface area contributed by atoms with E-state index in [0.717, 1.165) is 110 Å². The van der Waals surface area contributed by atoms with Crippen molar-refractivity contribution in [1.29, 1.82) is 15.8 Å². The Morgan fingerprint density at radius 3 is 1.38 bits per heavy atom. The van der Waals surface area contributed by atoms with Crippen LogP contribution < -0.4 is 0 Å². The predicted octanol–water partition coefficient (Wildman–Crippen LogP) is 13.0. The first-order valence-corrected chi connectivity index (χ1v) is 18.8. The van der Waals surface area contributed by atoms with Gasteiger partial charge >= 0.3 is 0 Å². The van der Waals surface area contributed by atoms with Gasteiger partial charge in [-0.15, -0.1) is 0 Å². The topological polar surface area (TPSA) is 108 Å². The molecule has 0 fully saturated rings. The molecule has 0 spiro atoms. The summed E-state index contributed by atoms with van der Waals surface area (Å²) in [6, 6.07) is 57.2.